The van der Waals surface area contributed by atoms with E-state index < -0.39 is 0 Å². The average molecular weight is 502 g/mol. The fourth-order valence-electron chi connectivity index (χ4n) is 4.70. The van der Waals surface area contributed by atoms with Crippen LogP contribution in [0.5, 0.6) is 0 Å². The molecule has 8 heteroatoms. The van der Waals surface area contributed by atoms with Crippen LogP contribution in [0.2, 0.25) is 5.02 Å². The van der Waals surface area contributed by atoms with Crippen molar-refractivity contribution in [1.82, 2.24) is 29.0 Å². The molecule has 0 saturated carbocycles. The molecule has 5 aromatic heterocycles. The SMILES string of the molecule is NCc1ccc(-c2nc3ccn4c(-c5cn6cc(Cl)ccc6n5)nnc4c3cc2-c2ccccc2)cc1. The number of nitrogens with two attached hydrogens (primary N) is 1. The van der Waals surface area contributed by atoms with E-state index in [2.05, 4.69) is 40.5 Å². The first-order chi connectivity index (χ1) is 18.2. The van der Waals surface area contributed by atoms with E-state index >= 15 is 0 Å². The van der Waals surface area contributed by atoms with E-state index in [0.717, 1.165) is 50.1 Å². The summed E-state index contributed by atoms with van der Waals surface area (Å²) >= 11 is 6.16. The van der Waals surface area contributed by atoms with Crippen molar-refractivity contribution < 1.29 is 0 Å². The van der Waals surface area contributed by atoms with Crippen molar-refractivity contribution >= 4 is 33.8 Å². The van der Waals surface area contributed by atoms with Gasteiger partial charge in [-0.05, 0) is 35.4 Å². The number of halogens is 1. The van der Waals surface area contributed by atoms with Crippen molar-refractivity contribution in [1.29, 1.82) is 0 Å². The number of aromatic nitrogens is 6. The van der Waals surface area contributed by atoms with E-state index in [0.29, 0.717) is 23.1 Å². The normalized spacial score (nSPS) is 11.6. The van der Waals surface area contributed by atoms with Crippen molar-refractivity contribution in [2.24, 2.45) is 5.73 Å². The van der Waals surface area contributed by atoms with Crippen LogP contribution >= 0.6 is 11.6 Å². The second kappa shape index (κ2) is 8.51. The zero-order chi connectivity index (χ0) is 24.9. The number of imidazole rings is 1. The van der Waals surface area contributed by atoms with Crippen LogP contribution in [-0.2, 0) is 6.54 Å². The first kappa shape index (κ1) is 21.7. The Kier molecular flexibility index (Phi) is 4.99. The number of rotatable bonds is 4. The maximum Gasteiger partial charge on any atom is 0.188 e. The van der Waals surface area contributed by atoms with Crippen LogP contribution in [-0.4, -0.2) is 29.0 Å². The molecule has 0 bridgehead atoms. The monoisotopic (exact) mass is 501 g/mol. The second-order valence-electron chi connectivity index (χ2n) is 8.86. The molecule has 0 aliphatic rings. The van der Waals surface area contributed by atoms with Gasteiger partial charge in [0.2, 0.25) is 0 Å². The second-order valence-corrected chi connectivity index (χ2v) is 9.29. The third kappa shape index (κ3) is 3.64. The molecule has 2 N–H and O–H groups in total. The molecular weight excluding hydrogens is 482 g/mol. The summed E-state index contributed by atoms with van der Waals surface area (Å²) in [7, 11) is 0. The van der Waals surface area contributed by atoms with E-state index in [1.165, 1.54) is 0 Å². The van der Waals surface area contributed by atoms with Gasteiger partial charge in [0.1, 0.15) is 11.3 Å². The molecule has 0 atom stereocenters. The van der Waals surface area contributed by atoms with Gasteiger partial charge in [-0.15, -0.1) is 10.2 Å². The molecule has 0 saturated heterocycles. The molecule has 0 aliphatic heterocycles. The smallest absolute Gasteiger partial charge is 0.188 e. The Labute approximate surface area is 216 Å². The summed E-state index contributed by atoms with van der Waals surface area (Å²) in [5.74, 6) is 0.652. The van der Waals surface area contributed by atoms with E-state index in [4.69, 9.17) is 27.3 Å². The number of hydrogen-bond donors (Lipinski definition) is 1. The maximum atomic E-state index is 6.16. The van der Waals surface area contributed by atoms with Crippen LogP contribution in [0.15, 0.2) is 97.5 Å². The number of benzene rings is 2. The molecule has 0 amide bonds. The van der Waals surface area contributed by atoms with Crippen LogP contribution in [0.25, 0.3) is 56.1 Å². The van der Waals surface area contributed by atoms with Gasteiger partial charge < -0.3 is 10.1 Å². The molecule has 2 aromatic carbocycles. The number of hydrogen-bond acceptors (Lipinski definition) is 5. The molecule has 0 unspecified atom stereocenters. The number of nitrogens with zero attached hydrogens (tertiary/aromatic N) is 6. The largest absolute Gasteiger partial charge is 0.326 e. The number of fused-ring (bicyclic) bond motifs is 4. The van der Waals surface area contributed by atoms with Crippen LogP contribution in [0, 0.1) is 0 Å². The van der Waals surface area contributed by atoms with Gasteiger partial charge in [0.05, 0.1) is 16.2 Å². The van der Waals surface area contributed by atoms with Gasteiger partial charge in [0.25, 0.3) is 0 Å². The topological polar surface area (TPSA) is 86.4 Å². The highest BCUT2D eigenvalue weighted by molar-refractivity contribution is 6.30. The molecule has 0 radical (unpaired) electrons. The molecule has 5 heterocycles. The highest BCUT2D eigenvalue weighted by atomic mass is 35.5. The Balaban J connectivity index is 1.45. The summed E-state index contributed by atoms with van der Waals surface area (Å²) in [5, 5.41) is 10.6. The molecule has 0 fully saturated rings. The fourth-order valence-corrected chi connectivity index (χ4v) is 4.87. The predicted octanol–water partition coefficient (Wildman–Crippen LogP) is 6.04. The molecule has 37 heavy (non-hydrogen) atoms. The Morgan fingerprint density at radius 1 is 0.811 bits per heavy atom. The molecular formula is C29H20ClN7. The van der Waals surface area contributed by atoms with Crippen molar-refractivity contribution in [3.63, 3.8) is 0 Å². The fraction of sp³-hybridized carbons (Fsp3) is 0.0345. The quantitative estimate of drug-likeness (QED) is 0.318. The summed E-state index contributed by atoms with van der Waals surface area (Å²) < 4.78 is 3.84. The lowest BCUT2D eigenvalue weighted by atomic mass is 9.97. The van der Waals surface area contributed by atoms with Crippen molar-refractivity contribution in [3.05, 3.63) is 108 Å². The highest BCUT2D eigenvalue weighted by Gasteiger charge is 2.17. The summed E-state index contributed by atoms with van der Waals surface area (Å²) in [6, 6.07) is 26.4. The van der Waals surface area contributed by atoms with Crippen molar-refractivity contribution in [2.45, 2.75) is 6.54 Å². The van der Waals surface area contributed by atoms with Crippen LogP contribution < -0.4 is 5.73 Å². The van der Waals surface area contributed by atoms with Crippen molar-refractivity contribution in [3.8, 4) is 33.9 Å². The van der Waals surface area contributed by atoms with E-state index in [-0.39, 0.29) is 0 Å². The van der Waals surface area contributed by atoms with Gasteiger partial charge in [-0.2, -0.15) is 0 Å². The Morgan fingerprint density at radius 3 is 2.46 bits per heavy atom. The van der Waals surface area contributed by atoms with Gasteiger partial charge in [-0.1, -0.05) is 66.2 Å². The van der Waals surface area contributed by atoms with Gasteiger partial charge in [0.15, 0.2) is 11.5 Å². The highest BCUT2D eigenvalue weighted by Crippen LogP contribution is 2.35. The van der Waals surface area contributed by atoms with Gasteiger partial charge >= 0.3 is 0 Å². The zero-order valence-electron chi connectivity index (χ0n) is 19.6. The number of pyridine rings is 3. The maximum absolute atomic E-state index is 6.16. The molecule has 7 rings (SSSR count). The molecule has 178 valence electrons. The summed E-state index contributed by atoms with van der Waals surface area (Å²) in [5.41, 5.74) is 14.0. The first-order valence-electron chi connectivity index (χ1n) is 11.9. The van der Waals surface area contributed by atoms with Crippen molar-refractivity contribution in [2.75, 3.05) is 0 Å². The summed E-state index contributed by atoms with van der Waals surface area (Å²) in [4.78, 5) is 9.82. The molecule has 0 spiro atoms. The first-order valence-corrected chi connectivity index (χ1v) is 12.2. The average Bonchev–Trinajstić information content (AvgIpc) is 3.57. The molecule has 7 aromatic rings. The lowest BCUT2D eigenvalue weighted by Gasteiger charge is -2.12. The molecule has 0 aliphatic carbocycles. The lowest BCUT2D eigenvalue weighted by Crippen LogP contribution is -1.97. The minimum Gasteiger partial charge on any atom is -0.326 e. The van der Waals surface area contributed by atoms with Gasteiger partial charge in [-0.25, -0.2) is 9.97 Å². The van der Waals surface area contributed by atoms with Crippen LogP contribution in [0.4, 0.5) is 0 Å². The van der Waals surface area contributed by atoms with Gasteiger partial charge in [0, 0.05) is 41.6 Å². The Hall–Kier alpha value is -4.59. The summed E-state index contributed by atoms with van der Waals surface area (Å²) in [6.07, 6.45) is 5.67. The molecule has 7 nitrogen and oxygen atoms in total. The standard InChI is InChI=1S/C29H20ClN7/c30-21-10-11-26-32-25(17-36(26)16-21)29-35-34-28-23-14-22(19-4-2-1-3-5-19)27(33-24(23)12-13-37(28)29)20-8-6-18(15-31)7-9-20/h1-14,16-17H,15,31H2. The third-order valence-corrected chi connectivity index (χ3v) is 6.79. The third-order valence-electron chi connectivity index (χ3n) is 6.56. The van der Waals surface area contributed by atoms with E-state index in [9.17, 15) is 0 Å². The minimum absolute atomic E-state index is 0.503. The zero-order valence-corrected chi connectivity index (χ0v) is 20.3. The lowest BCUT2D eigenvalue weighted by molar-refractivity contribution is 1.07. The van der Waals surface area contributed by atoms with E-state index in [1.807, 2.05) is 75.9 Å². The minimum atomic E-state index is 0.503. The Morgan fingerprint density at radius 2 is 1.65 bits per heavy atom. The van der Waals surface area contributed by atoms with Crippen LogP contribution in [0.1, 0.15) is 5.56 Å². The predicted molar refractivity (Wildman–Crippen MR) is 146 cm³/mol. The summed E-state index contributed by atoms with van der Waals surface area (Å²) in [6.45, 7) is 0.503. The van der Waals surface area contributed by atoms with Gasteiger partial charge in [-0.3, -0.25) is 4.40 Å². The van der Waals surface area contributed by atoms with E-state index in [1.54, 1.807) is 0 Å². The van der Waals surface area contributed by atoms with Crippen LogP contribution in [0.3, 0.4) is 0 Å². The Bertz CT molecular complexity index is 1920.